The van der Waals surface area contributed by atoms with Gasteiger partial charge in [0, 0.05) is 5.33 Å². The minimum atomic E-state index is -0.434. The maximum atomic E-state index is 13.3. The van der Waals surface area contributed by atoms with Crippen LogP contribution in [0.15, 0.2) is 40.9 Å². The molecule has 0 saturated heterocycles. The summed E-state index contributed by atoms with van der Waals surface area (Å²) in [6.45, 7) is 0.292. The summed E-state index contributed by atoms with van der Waals surface area (Å²) in [6.07, 6.45) is 0. The van der Waals surface area contributed by atoms with E-state index in [-0.39, 0.29) is 5.02 Å². The fourth-order valence-electron chi connectivity index (χ4n) is 1.54. The number of ether oxygens (including phenoxy) is 1. The van der Waals surface area contributed by atoms with Gasteiger partial charge in [0.05, 0.1) is 9.50 Å². The average Bonchev–Trinajstić information content (AvgIpc) is 2.41. The second-order valence-electron chi connectivity index (χ2n) is 3.94. The Labute approximate surface area is 133 Å². The Morgan fingerprint density at radius 2 is 1.84 bits per heavy atom. The topological polar surface area (TPSA) is 9.23 Å². The van der Waals surface area contributed by atoms with Crippen molar-refractivity contribution in [3.8, 4) is 5.75 Å². The van der Waals surface area contributed by atoms with Gasteiger partial charge in [-0.2, -0.15) is 0 Å². The van der Waals surface area contributed by atoms with Crippen LogP contribution in [-0.4, -0.2) is 0 Å². The predicted octanol–water partition coefficient (Wildman–Crippen LogP) is 5.72. The highest BCUT2D eigenvalue weighted by Gasteiger charge is 2.05. The molecular weight excluding hydrogens is 398 g/mol. The van der Waals surface area contributed by atoms with Crippen molar-refractivity contribution in [2.75, 3.05) is 0 Å². The molecule has 0 amide bonds. The van der Waals surface area contributed by atoms with Gasteiger partial charge < -0.3 is 4.74 Å². The van der Waals surface area contributed by atoms with Crippen LogP contribution in [0.1, 0.15) is 11.1 Å². The van der Waals surface area contributed by atoms with Crippen molar-refractivity contribution in [2.24, 2.45) is 0 Å². The normalized spacial score (nSPS) is 10.5. The van der Waals surface area contributed by atoms with Crippen LogP contribution in [0, 0.1) is 5.82 Å². The van der Waals surface area contributed by atoms with E-state index in [0.29, 0.717) is 6.61 Å². The van der Waals surface area contributed by atoms with Crippen LogP contribution in [0.3, 0.4) is 0 Å². The molecule has 5 heteroatoms. The Balaban J connectivity index is 2.07. The third kappa shape index (κ3) is 3.94. The van der Waals surface area contributed by atoms with Crippen LogP contribution in [0.25, 0.3) is 0 Å². The van der Waals surface area contributed by atoms with Crippen molar-refractivity contribution in [3.63, 3.8) is 0 Å². The van der Waals surface area contributed by atoms with E-state index in [9.17, 15) is 4.39 Å². The average molecular weight is 408 g/mol. The lowest BCUT2D eigenvalue weighted by atomic mass is 10.2. The highest BCUT2D eigenvalue weighted by Crippen LogP contribution is 2.28. The quantitative estimate of drug-likeness (QED) is 0.589. The molecule has 0 unspecified atom stereocenters. The van der Waals surface area contributed by atoms with Crippen LogP contribution < -0.4 is 4.74 Å². The minimum Gasteiger partial charge on any atom is -0.488 e. The van der Waals surface area contributed by atoms with Gasteiger partial charge in [-0.1, -0.05) is 39.7 Å². The molecule has 2 aromatic carbocycles. The van der Waals surface area contributed by atoms with E-state index < -0.39 is 5.82 Å². The van der Waals surface area contributed by atoms with E-state index in [1.165, 1.54) is 12.1 Å². The first-order valence-corrected chi connectivity index (χ1v) is 7.80. The van der Waals surface area contributed by atoms with E-state index in [4.69, 9.17) is 16.3 Å². The second-order valence-corrected chi connectivity index (χ2v) is 5.76. The molecule has 0 heterocycles. The maximum Gasteiger partial charge on any atom is 0.142 e. The molecule has 0 aliphatic carbocycles. The molecule has 0 N–H and O–H groups in total. The first-order valence-electron chi connectivity index (χ1n) is 5.51. The molecule has 0 aliphatic heterocycles. The molecule has 2 rings (SSSR count). The van der Waals surface area contributed by atoms with E-state index in [1.807, 2.05) is 18.2 Å². The lowest BCUT2D eigenvalue weighted by Crippen LogP contribution is -1.97. The lowest BCUT2D eigenvalue weighted by molar-refractivity contribution is 0.303. The van der Waals surface area contributed by atoms with Crippen molar-refractivity contribution in [1.82, 2.24) is 0 Å². The van der Waals surface area contributed by atoms with Gasteiger partial charge in [0.25, 0.3) is 0 Å². The number of alkyl halides is 1. The summed E-state index contributed by atoms with van der Waals surface area (Å²) in [6, 6.07) is 10.5. The number of benzene rings is 2. The monoisotopic (exact) mass is 406 g/mol. The van der Waals surface area contributed by atoms with Gasteiger partial charge in [-0.15, -0.1) is 0 Å². The first-order chi connectivity index (χ1) is 9.10. The smallest absolute Gasteiger partial charge is 0.142 e. The minimum absolute atomic E-state index is 0.117. The Bertz CT molecular complexity index is 590. The van der Waals surface area contributed by atoms with Crippen LogP contribution in [-0.2, 0) is 11.9 Å². The second kappa shape index (κ2) is 6.73. The highest BCUT2D eigenvalue weighted by molar-refractivity contribution is 9.10. The number of rotatable bonds is 4. The molecule has 0 atom stereocenters. The number of hydrogen-bond acceptors (Lipinski definition) is 1. The van der Waals surface area contributed by atoms with Gasteiger partial charge in [0.1, 0.15) is 18.2 Å². The van der Waals surface area contributed by atoms with Crippen LogP contribution in [0.5, 0.6) is 5.75 Å². The fourth-order valence-corrected chi connectivity index (χ4v) is 2.54. The zero-order valence-electron chi connectivity index (χ0n) is 9.80. The van der Waals surface area contributed by atoms with Crippen molar-refractivity contribution in [1.29, 1.82) is 0 Å². The van der Waals surface area contributed by atoms with Crippen LogP contribution in [0.2, 0.25) is 5.02 Å². The molecule has 0 bridgehead atoms. The van der Waals surface area contributed by atoms with Crippen molar-refractivity contribution < 1.29 is 9.13 Å². The van der Waals surface area contributed by atoms with Gasteiger partial charge in [0.2, 0.25) is 0 Å². The summed E-state index contributed by atoms with van der Waals surface area (Å²) in [5.74, 6) is 0.288. The standard InChI is InChI=1S/C14H10Br2ClFO/c15-7-9-2-4-14(11(16)5-9)19-8-10-1-3-12(17)13(18)6-10/h1-6H,7-8H2. The summed E-state index contributed by atoms with van der Waals surface area (Å²) < 4.78 is 19.8. The summed E-state index contributed by atoms with van der Waals surface area (Å²) >= 11 is 12.5. The Kier molecular flexibility index (Phi) is 5.25. The zero-order chi connectivity index (χ0) is 13.8. The molecular formula is C14H10Br2ClFO. The van der Waals surface area contributed by atoms with Gasteiger partial charge in [-0.05, 0) is 51.3 Å². The summed E-state index contributed by atoms with van der Waals surface area (Å²) in [5.41, 5.74) is 1.88. The molecule has 0 radical (unpaired) electrons. The maximum absolute atomic E-state index is 13.3. The molecule has 0 fully saturated rings. The van der Waals surface area contributed by atoms with Crippen LogP contribution >= 0.6 is 43.5 Å². The lowest BCUT2D eigenvalue weighted by Gasteiger charge is -2.09. The summed E-state index contributed by atoms with van der Waals surface area (Å²) in [5, 5.41) is 0.903. The Morgan fingerprint density at radius 1 is 1.11 bits per heavy atom. The summed E-state index contributed by atoms with van der Waals surface area (Å²) in [4.78, 5) is 0. The predicted molar refractivity (Wildman–Crippen MR) is 82.5 cm³/mol. The van der Waals surface area contributed by atoms with Gasteiger partial charge in [-0.3, -0.25) is 0 Å². The molecule has 1 nitrogen and oxygen atoms in total. The fraction of sp³-hybridized carbons (Fsp3) is 0.143. The van der Waals surface area contributed by atoms with E-state index in [2.05, 4.69) is 31.9 Å². The van der Waals surface area contributed by atoms with Gasteiger partial charge >= 0.3 is 0 Å². The van der Waals surface area contributed by atoms with Crippen LogP contribution in [0.4, 0.5) is 4.39 Å². The van der Waals surface area contributed by atoms with Crippen molar-refractivity contribution in [2.45, 2.75) is 11.9 Å². The molecule has 0 aliphatic rings. The molecule has 0 aromatic heterocycles. The summed E-state index contributed by atoms with van der Waals surface area (Å²) in [7, 11) is 0. The molecule has 0 saturated carbocycles. The zero-order valence-corrected chi connectivity index (χ0v) is 13.7. The Morgan fingerprint density at radius 3 is 2.47 bits per heavy atom. The van der Waals surface area contributed by atoms with Crippen molar-refractivity contribution in [3.05, 3.63) is 62.8 Å². The van der Waals surface area contributed by atoms with Gasteiger partial charge in [-0.25, -0.2) is 4.39 Å². The first kappa shape index (κ1) is 14.8. The number of halogens is 4. The molecule has 0 spiro atoms. The Hall–Kier alpha value is -0.580. The molecule has 2 aromatic rings. The van der Waals surface area contributed by atoms with E-state index in [0.717, 1.165) is 26.7 Å². The SMILES string of the molecule is Fc1cc(COc2ccc(CBr)cc2Br)ccc1Cl. The van der Waals surface area contributed by atoms with Gasteiger partial charge in [0.15, 0.2) is 0 Å². The third-order valence-electron chi connectivity index (χ3n) is 2.53. The largest absolute Gasteiger partial charge is 0.488 e. The van der Waals surface area contributed by atoms with Crippen molar-refractivity contribution >= 4 is 43.5 Å². The van der Waals surface area contributed by atoms with E-state index in [1.54, 1.807) is 6.07 Å². The third-order valence-corrected chi connectivity index (χ3v) is 4.10. The highest BCUT2D eigenvalue weighted by atomic mass is 79.9. The molecule has 19 heavy (non-hydrogen) atoms. The van der Waals surface area contributed by atoms with E-state index >= 15 is 0 Å². The molecule has 100 valence electrons. The number of hydrogen-bond donors (Lipinski definition) is 0.